The number of benzene rings is 1. The van der Waals surface area contributed by atoms with E-state index in [9.17, 15) is 9.59 Å². The van der Waals surface area contributed by atoms with E-state index in [-0.39, 0.29) is 11.8 Å². The molecule has 11 nitrogen and oxygen atoms in total. The fraction of sp³-hybridized carbons (Fsp3) is 0.394. The summed E-state index contributed by atoms with van der Waals surface area (Å²) in [4.78, 5) is 42.2. The number of carbonyl (C=O) groups is 2. The monoisotopic (exact) mass is 595 g/mol. The third kappa shape index (κ3) is 6.62. The molecule has 0 atom stereocenters. The van der Waals surface area contributed by atoms with Gasteiger partial charge in [0.25, 0.3) is 5.91 Å². The maximum atomic E-state index is 13.9. The highest BCUT2D eigenvalue weighted by Gasteiger charge is 2.27. The molecule has 2 amide bonds. The topological polar surface area (TPSA) is 116 Å². The van der Waals surface area contributed by atoms with Gasteiger partial charge in [-0.3, -0.25) is 9.59 Å². The van der Waals surface area contributed by atoms with Crippen molar-refractivity contribution in [1.82, 2.24) is 39.2 Å². The summed E-state index contributed by atoms with van der Waals surface area (Å²) in [6, 6.07) is 7.96. The molecular formula is C33H41N9O2. The first-order valence-electron chi connectivity index (χ1n) is 15.3. The lowest BCUT2D eigenvalue weighted by Gasteiger charge is -2.23. The van der Waals surface area contributed by atoms with Crippen molar-refractivity contribution in [2.45, 2.75) is 25.8 Å². The molecule has 2 aliphatic rings. The zero-order valence-corrected chi connectivity index (χ0v) is 25.7. The van der Waals surface area contributed by atoms with Crippen molar-refractivity contribution in [1.29, 1.82) is 0 Å². The molecule has 44 heavy (non-hydrogen) atoms. The van der Waals surface area contributed by atoms with Gasteiger partial charge in [0.1, 0.15) is 5.82 Å². The van der Waals surface area contributed by atoms with Crippen LogP contribution in [0, 0.1) is 5.92 Å². The zero-order chi connectivity index (χ0) is 30.6. The third-order valence-electron chi connectivity index (χ3n) is 8.22. The Bertz CT molecular complexity index is 1690. The normalized spacial score (nSPS) is 14.4. The Labute approximate surface area is 257 Å². The van der Waals surface area contributed by atoms with Crippen LogP contribution in [0.1, 0.15) is 34.5 Å². The van der Waals surface area contributed by atoms with E-state index in [1.54, 1.807) is 17.4 Å². The van der Waals surface area contributed by atoms with E-state index < -0.39 is 0 Å². The van der Waals surface area contributed by atoms with Gasteiger partial charge in [0.15, 0.2) is 5.82 Å². The lowest BCUT2D eigenvalue weighted by Crippen LogP contribution is -2.39. The highest BCUT2D eigenvalue weighted by atomic mass is 16.2. The summed E-state index contributed by atoms with van der Waals surface area (Å²) in [7, 11) is 5.93. The number of aryl methyl sites for hydroxylation is 1. The first kappa shape index (κ1) is 29.4. The van der Waals surface area contributed by atoms with E-state index in [2.05, 4.69) is 48.0 Å². The second-order valence-corrected chi connectivity index (χ2v) is 11.9. The van der Waals surface area contributed by atoms with Crippen molar-refractivity contribution < 1.29 is 9.59 Å². The first-order valence-corrected chi connectivity index (χ1v) is 15.3. The quantitative estimate of drug-likeness (QED) is 0.204. The van der Waals surface area contributed by atoms with Gasteiger partial charge in [0.05, 0.1) is 23.1 Å². The van der Waals surface area contributed by atoms with Crippen LogP contribution in [0.2, 0.25) is 0 Å². The number of anilines is 1. The Morgan fingerprint density at radius 2 is 2.05 bits per heavy atom. The van der Waals surface area contributed by atoms with Crippen LogP contribution in [0.3, 0.4) is 0 Å². The number of nitrogens with one attached hydrogen (secondary N) is 3. The Morgan fingerprint density at radius 1 is 1.18 bits per heavy atom. The molecule has 11 heteroatoms. The molecule has 1 aliphatic carbocycles. The fourth-order valence-corrected chi connectivity index (χ4v) is 5.65. The van der Waals surface area contributed by atoms with Gasteiger partial charge in [-0.2, -0.15) is 0 Å². The molecule has 1 aliphatic heterocycles. The van der Waals surface area contributed by atoms with Gasteiger partial charge >= 0.3 is 0 Å². The van der Waals surface area contributed by atoms with Gasteiger partial charge in [-0.1, -0.05) is 18.2 Å². The van der Waals surface area contributed by atoms with Crippen LogP contribution in [0.25, 0.3) is 28.6 Å². The Morgan fingerprint density at radius 3 is 2.82 bits per heavy atom. The average molecular weight is 596 g/mol. The number of amides is 2. The van der Waals surface area contributed by atoms with Gasteiger partial charge in [-0.25, -0.2) is 9.97 Å². The number of likely N-dealkylation sites (N-methyl/N-ethyl adjacent to an activating group) is 1. The van der Waals surface area contributed by atoms with Gasteiger partial charge in [-0.15, -0.1) is 0 Å². The van der Waals surface area contributed by atoms with E-state index >= 15 is 0 Å². The third-order valence-corrected chi connectivity index (χ3v) is 8.22. The molecule has 4 aromatic rings. The number of H-pyrrole nitrogens is 1. The average Bonchev–Trinajstić information content (AvgIpc) is 3.39. The van der Waals surface area contributed by atoms with Crippen molar-refractivity contribution in [3.8, 4) is 11.5 Å². The summed E-state index contributed by atoms with van der Waals surface area (Å²) in [5.74, 6) is 2.48. The number of rotatable bonds is 13. The van der Waals surface area contributed by atoms with Crippen LogP contribution >= 0.6 is 0 Å². The molecule has 0 saturated heterocycles. The van der Waals surface area contributed by atoms with E-state index in [0.29, 0.717) is 44.1 Å². The number of aromatic nitrogens is 5. The summed E-state index contributed by atoms with van der Waals surface area (Å²) in [6.07, 6.45) is 14.2. The molecule has 0 unspecified atom stereocenters. The van der Waals surface area contributed by atoms with E-state index in [0.717, 1.165) is 47.2 Å². The minimum atomic E-state index is -0.172. The predicted octanol–water partition coefficient (Wildman–Crippen LogP) is 3.53. The summed E-state index contributed by atoms with van der Waals surface area (Å²) in [6.45, 7) is 3.70. The Hall–Kier alpha value is -4.64. The van der Waals surface area contributed by atoms with E-state index in [1.807, 2.05) is 50.3 Å². The molecular weight excluding hydrogens is 554 g/mol. The maximum Gasteiger partial charge on any atom is 0.254 e. The summed E-state index contributed by atoms with van der Waals surface area (Å²) < 4.78 is 4.50. The van der Waals surface area contributed by atoms with Crippen molar-refractivity contribution in [2.24, 2.45) is 13.0 Å². The lowest BCUT2D eigenvalue weighted by atomic mass is 10.1. The number of hydrogen-bond acceptors (Lipinski definition) is 6. The summed E-state index contributed by atoms with van der Waals surface area (Å²) in [5.41, 5.74) is 5.54. The summed E-state index contributed by atoms with van der Waals surface area (Å²) >= 11 is 0. The van der Waals surface area contributed by atoms with Crippen LogP contribution < -0.4 is 10.6 Å². The second kappa shape index (κ2) is 12.9. The van der Waals surface area contributed by atoms with Gasteiger partial charge in [0, 0.05) is 81.8 Å². The number of imidazole rings is 2. The molecule has 3 N–H and O–H groups in total. The zero-order valence-electron chi connectivity index (χ0n) is 25.7. The molecule has 4 heterocycles. The molecule has 3 aromatic heterocycles. The number of fused-ring (bicyclic) bond motifs is 2. The molecule has 6 rings (SSSR count). The van der Waals surface area contributed by atoms with Crippen molar-refractivity contribution in [3.63, 3.8) is 0 Å². The fourth-order valence-electron chi connectivity index (χ4n) is 5.65. The van der Waals surface area contributed by atoms with Crippen LogP contribution in [0.5, 0.6) is 0 Å². The highest BCUT2D eigenvalue weighted by molar-refractivity contribution is 5.98. The van der Waals surface area contributed by atoms with Crippen LogP contribution in [-0.4, -0.2) is 92.5 Å². The molecule has 1 fully saturated rings. The number of aromatic amines is 1. The maximum absolute atomic E-state index is 13.9. The van der Waals surface area contributed by atoms with Gasteiger partial charge in [-0.05, 0) is 57.1 Å². The Balaban J connectivity index is 1.23. The molecule has 230 valence electrons. The highest BCUT2D eigenvalue weighted by Crippen LogP contribution is 2.38. The van der Waals surface area contributed by atoms with Gasteiger partial charge in [0.2, 0.25) is 5.91 Å². The number of nitrogens with zero attached hydrogens (tertiary/aromatic N) is 6. The standard InChI is InChI=1S/C33H41N9O2/c1-39(2)15-5-7-30(43)35-14-17-41(16-12-26-20-34-22-37-26)33(44)25-10-11-28-27(18-25)38-32(40(28)3)29-19-24-6-4-13-36-31(24)42(29)21-23-8-9-23/h4-7,10-11,18-20,22-23,36H,8-9,12-17,21H2,1-3H3,(H,34,37)(H,35,43)/b7-5+. The SMILES string of the molecule is CN(C)C/C=C/C(=O)NCCN(CCc1cnc[nH]1)C(=O)c1ccc2c(c1)nc(-c1cc3c(n1CC1CC1)NCC=C3)n2C. The number of carbonyl (C=O) groups excluding carboxylic acids is 2. The first-order chi connectivity index (χ1) is 21.4. The van der Waals surface area contributed by atoms with E-state index in [1.165, 1.54) is 24.5 Å². The predicted molar refractivity (Wildman–Crippen MR) is 173 cm³/mol. The molecule has 0 radical (unpaired) electrons. The van der Waals surface area contributed by atoms with Crippen molar-refractivity contribution >= 4 is 34.7 Å². The molecule has 1 aromatic carbocycles. The van der Waals surface area contributed by atoms with Gasteiger partial charge < -0.3 is 34.6 Å². The largest absolute Gasteiger partial charge is 0.367 e. The van der Waals surface area contributed by atoms with Crippen molar-refractivity contribution in [2.75, 3.05) is 52.1 Å². The van der Waals surface area contributed by atoms with Crippen LogP contribution in [0.4, 0.5) is 5.82 Å². The van der Waals surface area contributed by atoms with E-state index in [4.69, 9.17) is 4.98 Å². The minimum absolute atomic E-state index is 0.0991. The summed E-state index contributed by atoms with van der Waals surface area (Å²) in [5, 5.41) is 6.46. The molecule has 0 bridgehead atoms. The smallest absolute Gasteiger partial charge is 0.254 e. The Kier molecular flexibility index (Phi) is 8.65. The molecule has 0 spiro atoms. The molecule has 1 saturated carbocycles. The number of hydrogen-bond donors (Lipinski definition) is 3. The minimum Gasteiger partial charge on any atom is -0.367 e. The lowest BCUT2D eigenvalue weighted by molar-refractivity contribution is -0.116. The van der Waals surface area contributed by atoms with Crippen LogP contribution in [-0.2, 0) is 24.8 Å². The van der Waals surface area contributed by atoms with Crippen molar-refractivity contribution in [3.05, 3.63) is 71.8 Å². The second-order valence-electron chi connectivity index (χ2n) is 11.9. The van der Waals surface area contributed by atoms with Crippen LogP contribution in [0.15, 0.2) is 55.0 Å².